The van der Waals surface area contributed by atoms with Gasteiger partial charge in [0.05, 0.1) is 4.92 Å². The lowest BCUT2D eigenvalue weighted by Gasteiger charge is -2.08. The second kappa shape index (κ2) is 4.44. The van der Waals surface area contributed by atoms with Crippen molar-refractivity contribution in [3.63, 3.8) is 0 Å². The molecule has 1 aliphatic carbocycles. The molecule has 0 bridgehead atoms. The van der Waals surface area contributed by atoms with Crippen LogP contribution in [0.4, 0.5) is 11.5 Å². The highest BCUT2D eigenvalue weighted by atomic mass is 16.6. The van der Waals surface area contributed by atoms with E-state index in [1.54, 1.807) is 0 Å². The maximum Gasteiger partial charge on any atom is 0.289 e. The molecule has 1 aliphatic rings. The van der Waals surface area contributed by atoms with Gasteiger partial charge in [-0.2, -0.15) is 5.26 Å². The third kappa shape index (κ3) is 2.09. The molecule has 0 unspecified atom stereocenters. The summed E-state index contributed by atoms with van der Waals surface area (Å²) in [7, 11) is 0. The summed E-state index contributed by atoms with van der Waals surface area (Å²) in [6.45, 7) is 9.57. The van der Waals surface area contributed by atoms with E-state index in [2.05, 4.69) is 38.0 Å². The van der Waals surface area contributed by atoms with Crippen LogP contribution in [0, 0.1) is 38.2 Å². The molecule has 0 aromatic carbocycles. The number of anilines is 1. The van der Waals surface area contributed by atoms with Gasteiger partial charge in [0.25, 0.3) is 5.69 Å². The van der Waals surface area contributed by atoms with E-state index in [1.165, 1.54) is 12.3 Å². The minimum Gasteiger partial charge on any atom is -0.369 e. The van der Waals surface area contributed by atoms with Crippen molar-refractivity contribution in [1.82, 2.24) is 4.98 Å². The van der Waals surface area contributed by atoms with Gasteiger partial charge in [0, 0.05) is 12.6 Å². The van der Waals surface area contributed by atoms with Crippen molar-refractivity contribution in [2.75, 3.05) is 11.9 Å². The first kappa shape index (κ1) is 14.3. The SMILES string of the molecule is CC1(C)C(CNc2ncc([N+](=O)[O-])cc2C#N)C1(C)C. The van der Waals surface area contributed by atoms with Crippen LogP contribution in [0.3, 0.4) is 0 Å². The van der Waals surface area contributed by atoms with E-state index >= 15 is 0 Å². The van der Waals surface area contributed by atoms with Gasteiger partial charge in [-0.3, -0.25) is 10.1 Å². The van der Waals surface area contributed by atoms with Gasteiger partial charge >= 0.3 is 0 Å². The predicted octanol–water partition coefficient (Wildman–Crippen LogP) is 2.96. The molecule has 1 aromatic heterocycles. The van der Waals surface area contributed by atoms with Crippen LogP contribution in [0.15, 0.2) is 12.3 Å². The Morgan fingerprint density at radius 2 is 2.05 bits per heavy atom. The van der Waals surface area contributed by atoms with E-state index in [0.29, 0.717) is 18.3 Å². The molecule has 0 amide bonds. The molecule has 0 atom stereocenters. The van der Waals surface area contributed by atoms with Crippen molar-refractivity contribution in [3.05, 3.63) is 27.9 Å². The molecule has 6 nitrogen and oxygen atoms in total. The first-order valence-corrected chi connectivity index (χ1v) is 6.50. The number of nitrogens with one attached hydrogen (secondary N) is 1. The second-order valence-electron chi connectivity index (χ2n) is 6.34. The Labute approximate surface area is 118 Å². The van der Waals surface area contributed by atoms with Crippen LogP contribution >= 0.6 is 0 Å². The standard InChI is InChI=1S/C14H18N4O2/c1-13(2)11(14(13,3)4)8-17-12-9(6-15)5-10(7-16-12)18(19)20/h5,7,11H,8H2,1-4H3,(H,16,17). The first-order valence-electron chi connectivity index (χ1n) is 6.50. The maximum atomic E-state index is 10.7. The fourth-order valence-corrected chi connectivity index (χ4v) is 2.82. The molecule has 0 aliphatic heterocycles. The van der Waals surface area contributed by atoms with Crippen molar-refractivity contribution in [3.8, 4) is 6.07 Å². The maximum absolute atomic E-state index is 10.7. The fraction of sp³-hybridized carbons (Fsp3) is 0.571. The van der Waals surface area contributed by atoms with E-state index in [0.717, 1.165) is 0 Å². The number of pyridine rings is 1. The summed E-state index contributed by atoms with van der Waals surface area (Å²) in [4.78, 5) is 14.1. The molecule has 106 valence electrons. The molecule has 6 heteroatoms. The number of aromatic nitrogens is 1. The summed E-state index contributed by atoms with van der Waals surface area (Å²) < 4.78 is 0. The number of nitro groups is 1. The third-order valence-electron chi connectivity index (χ3n) is 5.00. The normalized spacial score (nSPS) is 19.1. The van der Waals surface area contributed by atoms with Crippen LogP contribution in [0.5, 0.6) is 0 Å². The molecule has 0 spiro atoms. The largest absolute Gasteiger partial charge is 0.369 e. The lowest BCUT2D eigenvalue weighted by Crippen LogP contribution is -2.10. The number of hydrogen-bond acceptors (Lipinski definition) is 5. The quantitative estimate of drug-likeness (QED) is 0.673. The molecule has 1 aromatic rings. The predicted molar refractivity (Wildman–Crippen MR) is 75.1 cm³/mol. The molecule has 1 saturated carbocycles. The second-order valence-corrected chi connectivity index (χ2v) is 6.34. The molecule has 0 radical (unpaired) electrons. The number of nitrogens with zero attached hydrogens (tertiary/aromatic N) is 3. The average molecular weight is 274 g/mol. The van der Waals surface area contributed by atoms with Crippen LogP contribution in [-0.2, 0) is 0 Å². The van der Waals surface area contributed by atoms with Gasteiger partial charge in [0.1, 0.15) is 23.6 Å². The van der Waals surface area contributed by atoms with Crippen LogP contribution in [-0.4, -0.2) is 16.5 Å². The van der Waals surface area contributed by atoms with Gasteiger partial charge in [0.15, 0.2) is 0 Å². The molecule has 1 N–H and O–H groups in total. The molecule has 2 rings (SSSR count). The highest BCUT2D eigenvalue weighted by molar-refractivity contribution is 5.55. The zero-order chi connectivity index (χ0) is 15.1. The summed E-state index contributed by atoms with van der Waals surface area (Å²) in [5.74, 6) is 0.898. The minimum absolute atomic E-state index is 0.167. The molecular weight excluding hydrogens is 256 g/mol. The van der Waals surface area contributed by atoms with E-state index < -0.39 is 4.92 Å². The van der Waals surface area contributed by atoms with Gasteiger partial charge in [-0.15, -0.1) is 0 Å². The van der Waals surface area contributed by atoms with Gasteiger partial charge in [0.2, 0.25) is 0 Å². The van der Waals surface area contributed by atoms with E-state index in [9.17, 15) is 10.1 Å². The summed E-state index contributed by atoms with van der Waals surface area (Å²) in [5.41, 5.74) is 0.524. The van der Waals surface area contributed by atoms with Crippen molar-refractivity contribution in [1.29, 1.82) is 5.26 Å². The molecule has 1 fully saturated rings. The average Bonchev–Trinajstić information content (AvgIpc) is 2.76. The smallest absolute Gasteiger partial charge is 0.289 e. The molecular formula is C14H18N4O2. The number of nitriles is 1. The summed E-state index contributed by atoms with van der Waals surface area (Å²) in [5, 5.41) is 22.9. The zero-order valence-electron chi connectivity index (χ0n) is 12.1. The summed E-state index contributed by atoms with van der Waals surface area (Å²) in [6, 6.07) is 3.20. The molecule has 20 heavy (non-hydrogen) atoms. The highest BCUT2D eigenvalue weighted by Gasteiger charge is 2.64. The Bertz CT molecular complexity index is 588. The fourth-order valence-electron chi connectivity index (χ4n) is 2.82. The van der Waals surface area contributed by atoms with Crippen LogP contribution in [0.2, 0.25) is 0 Å². The van der Waals surface area contributed by atoms with Gasteiger partial charge in [-0.1, -0.05) is 27.7 Å². The van der Waals surface area contributed by atoms with Crippen molar-refractivity contribution in [2.45, 2.75) is 27.7 Å². The topological polar surface area (TPSA) is 91.8 Å². The Morgan fingerprint density at radius 1 is 1.45 bits per heavy atom. The molecule has 1 heterocycles. The van der Waals surface area contributed by atoms with Gasteiger partial charge < -0.3 is 5.32 Å². The lowest BCUT2D eigenvalue weighted by atomic mass is 10.0. The zero-order valence-corrected chi connectivity index (χ0v) is 12.1. The summed E-state index contributed by atoms with van der Waals surface area (Å²) >= 11 is 0. The Morgan fingerprint density at radius 3 is 2.50 bits per heavy atom. The first-order chi connectivity index (χ1) is 9.21. The Balaban J connectivity index is 2.12. The highest BCUT2D eigenvalue weighted by Crippen LogP contribution is 2.68. The Hall–Kier alpha value is -2.16. The van der Waals surface area contributed by atoms with Crippen molar-refractivity contribution >= 4 is 11.5 Å². The van der Waals surface area contributed by atoms with Crippen molar-refractivity contribution in [2.24, 2.45) is 16.7 Å². The van der Waals surface area contributed by atoms with Gasteiger partial charge in [-0.05, 0) is 16.7 Å². The van der Waals surface area contributed by atoms with Crippen molar-refractivity contribution < 1.29 is 4.92 Å². The van der Waals surface area contributed by atoms with Crippen LogP contribution < -0.4 is 5.32 Å². The van der Waals surface area contributed by atoms with Gasteiger partial charge in [-0.25, -0.2) is 4.98 Å². The van der Waals surface area contributed by atoms with E-state index in [4.69, 9.17) is 5.26 Å². The third-order valence-corrected chi connectivity index (χ3v) is 5.00. The van der Waals surface area contributed by atoms with E-state index in [1.807, 2.05) is 6.07 Å². The van der Waals surface area contributed by atoms with Crippen LogP contribution in [0.1, 0.15) is 33.3 Å². The number of rotatable bonds is 4. The lowest BCUT2D eigenvalue weighted by molar-refractivity contribution is -0.385. The molecule has 0 saturated heterocycles. The van der Waals surface area contributed by atoms with Crippen LogP contribution in [0.25, 0.3) is 0 Å². The van der Waals surface area contributed by atoms with E-state index in [-0.39, 0.29) is 22.1 Å². The minimum atomic E-state index is -0.551. The summed E-state index contributed by atoms with van der Waals surface area (Å²) in [6.07, 6.45) is 1.17. The monoisotopic (exact) mass is 274 g/mol. The Kier molecular flexibility index (Phi) is 3.17. The number of hydrogen-bond donors (Lipinski definition) is 1.